The minimum atomic E-state index is -0.686. The second kappa shape index (κ2) is 5.63. The molecule has 0 N–H and O–H groups in total. The minimum absolute atomic E-state index is 0.298. The molecule has 0 bridgehead atoms. The van der Waals surface area contributed by atoms with Gasteiger partial charge in [-0.1, -0.05) is 0 Å². The first-order valence-electron chi connectivity index (χ1n) is 4.93. The van der Waals surface area contributed by atoms with Gasteiger partial charge < -0.3 is 9.47 Å². The Hall–Kier alpha value is -1.19. The van der Waals surface area contributed by atoms with E-state index in [1.807, 2.05) is 0 Å². The molecule has 1 radical (unpaired) electrons. The lowest BCUT2D eigenvalue weighted by Gasteiger charge is -2.22. The fourth-order valence-corrected chi connectivity index (χ4v) is 1.31. The molecule has 0 aromatic heterocycles. The molecule has 0 spiro atoms. The Morgan fingerprint density at radius 3 is 2.27 bits per heavy atom. The number of methoxy groups -OCH3 is 1. The quantitative estimate of drug-likeness (QED) is 0.522. The molecule has 0 atom stereocenters. The van der Waals surface area contributed by atoms with Gasteiger partial charge in [0, 0.05) is 5.57 Å². The van der Waals surface area contributed by atoms with Gasteiger partial charge in [0.2, 0.25) is 0 Å². The van der Waals surface area contributed by atoms with E-state index in [-0.39, 0.29) is 11.9 Å². The van der Waals surface area contributed by atoms with Crippen LogP contribution in [-0.4, -0.2) is 19.7 Å². The Morgan fingerprint density at radius 2 is 1.87 bits per heavy atom. The number of allylic oxidation sites excluding steroid dienone is 1. The topological polar surface area (TPSA) is 55.4 Å². The molecule has 0 heterocycles. The van der Waals surface area contributed by atoms with Crippen LogP contribution in [0, 0.1) is 5.41 Å². The van der Waals surface area contributed by atoms with Gasteiger partial charge >= 0.3 is 11.9 Å². The summed E-state index contributed by atoms with van der Waals surface area (Å²) in [6.45, 7) is 7.26. The average molecular weight is 215 g/mol. The molecule has 15 heavy (non-hydrogen) atoms. The fraction of sp³-hybridized carbons (Fsp3) is 0.727. The van der Waals surface area contributed by atoms with Gasteiger partial charge in [-0.05, 0) is 34.1 Å². The van der Waals surface area contributed by atoms with E-state index in [2.05, 4.69) is 4.74 Å². The number of hydrogen-bond acceptors (Lipinski definition) is 3. The number of esters is 1. The molecule has 0 amide bonds. The van der Waals surface area contributed by atoms with E-state index in [9.17, 15) is 9.90 Å². The molecule has 0 aliphatic carbocycles. The lowest BCUT2D eigenvalue weighted by molar-refractivity contribution is -0.153. The first kappa shape index (κ1) is 13.8. The SMILES string of the molecule is CCOC(=O)C(C)(C)CC(C)=C([O])OC. The fourth-order valence-electron chi connectivity index (χ4n) is 1.31. The van der Waals surface area contributed by atoms with Gasteiger partial charge in [0.1, 0.15) is 0 Å². The maximum Gasteiger partial charge on any atom is 0.329 e. The summed E-state index contributed by atoms with van der Waals surface area (Å²) < 4.78 is 9.49. The molecular formula is C11H19O4. The Morgan fingerprint density at radius 1 is 1.33 bits per heavy atom. The highest BCUT2D eigenvalue weighted by Gasteiger charge is 2.30. The summed E-state index contributed by atoms with van der Waals surface area (Å²) in [6.07, 6.45) is 0.346. The Kier molecular flexibility index (Phi) is 5.19. The van der Waals surface area contributed by atoms with Gasteiger partial charge in [0.05, 0.1) is 19.1 Å². The van der Waals surface area contributed by atoms with E-state index in [4.69, 9.17) is 4.74 Å². The first-order valence-corrected chi connectivity index (χ1v) is 4.93. The Labute approximate surface area is 90.9 Å². The van der Waals surface area contributed by atoms with Crippen molar-refractivity contribution in [2.45, 2.75) is 34.1 Å². The number of carbonyl (C=O) groups is 1. The maximum atomic E-state index is 11.5. The lowest BCUT2D eigenvalue weighted by atomic mass is 9.86. The Balaban J connectivity index is 4.57. The van der Waals surface area contributed by atoms with E-state index >= 15 is 0 Å². The second-order valence-electron chi connectivity index (χ2n) is 4.05. The van der Waals surface area contributed by atoms with Crippen LogP contribution in [-0.2, 0) is 19.4 Å². The predicted octanol–water partition coefficient (Wildman–Crippen LogP) is 2.27. The molecule has 0 unspecified atom stereocenters. The summed E-state index contributed by atoms with van der Waals surface area (Å²) >= 11 is 0. The first-order chi connectivity index (χ1) is 6.85. The summed E-state index contributed by atoms with van der Waals surface area (Å²) in [6, 6.07) is 0. The van der Waals surface area contributed by atoms with Gasteiger partial charge in [0.15, 0.2) is 0 Å². The third-order valence-corrected chi connectivity index (χ3v) is 2.07. The van der Waals surface area contributed by atoms with Gasteiger partial charge in [-0.2, -0.15) is 0 Å². The van der Waals surface area contributed by atoms with Crippen LogP contribution in [0.15, 0.2) is 11.5 Å². The van der Waals surface area contributed by atoms with Crippen molar-refractivity contribution >= 4 is 5.97 Å². The van der Waals surface area contributed by atoms with Gasteiger partial charge in [-0.3, -0.25) is 4.79 Å². The smallest absolute Gasteiger partial charge is 0.329 e. The highest BCUT2D eigenvalue weighted by Crippen LogP contribution is 2.27. The van der Waals surface area contributed by atoms with E-state index in [0.29, 0.717) is 18.6 Å². The van der Waals surface area contributed by atoms with Crippen LogP contribution in [0.5, 0.6) is 0 Å². The highest BCUT2D eigenvalue weighted by atomic mass is 16.6. The van der Waals surface area contributed by atoms with Crippen molar-refractivity contribution in [3.63, 3.8) is 0 Å². The molecule has 0 aromatic carbocycles. The molecule has 4 nitrogen and oxygen atoms in total. The predicted molar refractivity (Wildman–Crippen MR) is 55.4 cm³/mol. The third kappa shape index (κ3) is 4.23. The zero-order chi connectivity index (χ0) is 12.1. The van der Waals surface area contributed by atoms with Crippen molar-refractivity contribution in [3.05, 3.63) is 11.5 Å². The average Bonchev–Trinajstić information content (AvgIpc) is 2.16. The van der Waals surface area contributed by atoms with Crippen molar-refractivity contribution in [3.8, 4) is 0 Å². The molecule has 0 aromatic rings. The number of rotatable bonds is 5. The van der Waals surface area contributed by atoms with E-state index in [0.717, 1.165) is 0 Å². The standard InChI is InChI=1S/C11H19O4/c1-6-15-10(13)11(3,4)7-8(2)9(12)14-5/h6-7H2,1-5H3. The van der Waals surface area contributed by atoms with Crippen LogP contribution in [0.25, 0.3) is 0 Å². The van der Waals surface area contributed by atoms with Crippen LogP contribution in [0.2, 0.25) is 0 Å². The van der Waals surface area contributed by atoms with Crippen LogP contribution in [0.1, 0.15) is 34.1 Å². The van der Waals surface area contributed by atoms with Crippen LogP contribution in [0.3, 0.4) is 0 Å². The summed E-state index contributed by atoms with van der Waals surface area (Å²) in [5.41, 5.74) is -0.163. The number of ether oxygens (including phenoxy) is 2. The summed E-state index contributed by atoms with van der Waals surface area (Å²) in [5.74, 6) is -0.680. The van der Waals surface area contributed by atoms with Crippen molar-refractivity contribution in [2.75, 3.05) is 13.7 Å². The van der Waals surface area contributed by atoms with Crippen molar-refractivity contribution in [1.82, 2.24) is 0 Å². The third-order valence-electron chi connectivity index (χ3n) is 2.07. The molecule has 0 saturated heterocycles. The second-order valence-corrected chi connectivity index (χ2v) is 4.05. The zero-order valence-electron chi connectivity index (χ0n) is 10.0. The van der Waals surface area contributed by atoms with Crippen molar-refractivity contribution in [1.29, 1.82) is 0 Å². The molecule has 0 aliphatic heterocycles. The molecule has 87 valence electrons. The molecule has 0 rings (SSSR count). The maximum absolute atomic E-state index is 11.5. The van der Waals surface area contributed by atoms with Crippen LogP contribution in [0.4, 0.5) is 0 Å². The van der Waals surface area contributed by atoms with E-state index < -0.39 is 5.41 Å². The van der Waals surface area contributed by atoms with Gasteiger partial charge in [-0.25, -0.2) is 5.11 Å². The van der Waals surface area contributed by atoms with Crippen molar-refractivity contribution < 1.29 is 19.4 Å². The molecule has 4 heteroatoms. The monoisotopic (exact) mass is 215 g/mol. The number of hydrogen-bond donors (Lipinski definition) is 0. The molecule has 0 saturated carbocycles. The summed E-state index contributed by atoms with van der Waals surface area (Å²) in [4.78, 5) is 11.5. The van der Waals surface area contributed by atoms with Crippen LogP contribution < -0.4 is 0 Å². The van der Waals surface area contributed by atoms with Gasteiger partial charge in [0.25, 0.3) is 0 Å². The normalized spacial score (nSPS) is 13.1. The lowest BCUT2D eigenvalue weighted by Crippen LogP contribution is -2.27. The summed E-state index contributed by atoms with van der Waals surface area (Å²) in [7, 11) is 1.32. The Bertz CT molecular complexity index is 253. The highest BCUT2D eigenvalue weighted by molar-refractivity contribution is 5.76. The summed E-state index contributed by atoms with van der Waals surface area (Å²) in [5, 5.41) is 11.2. The van der Waals surface area contributed by atoms with Gasteiger partial charge in [-0.15, -0.1) is 0 Å². The largest absolute Gasteiger partial charge is 0.466 e. The zero-order valence-corrected chi connectivity index (χ0v) is 10.0. The number of carbonyl (C=O) groups excluding carboxylic acids is 1. The van der Waals surface area contributed by atoms with E-state index in [1.54, 1.807) is 27.7 Å². The molecule has 0 fully saturated rings. The minimum Gasteiger partial charge on any atom is -0.466 e. The van der Waals surface area contributed by atoms with E-state index in [1.165, 1.54) is 7.11 Å². The van der Waals surface area contributed by atoms with Crippen molar-refractivity contribution in [2.24, 2.45) is 5.41 Å². The van der Waals surface area contributed by atoms with Crippen LogP contribution >= 0.6 is 0 Å². The molecule has 0 aliphatic rings. The molecular weight excluding hydrogens is 196 g/mol.